The van der Waals surface area contributed by atoms with Crippen molar-refractivity contribution in [2.75, 3.05) is 33.5 Å². The maximum atomic E-state index is 9.59. The Hall–Kier alpha value is -0.700. The Morgan fingerprint density at radius 1 is 1.36 bits per heavy atom. The number of isocyanates is 1. The second-order valence-corrected chi connectivity index (χ2v) is 1.93. The zero-order chi connectivity index (χ0) is 8.36. The molecule has 0 aromatic rings. The highest BCUT2D eigenvalue weighted by Gasteiger charge is 1.86. The van der Waals surface area contributed by atoms with Crippen molar-refractivity contribution < 1.29 is 14.3 Å². The van der Waals surface area contributed by atoms with Crippen molar-refractivity contribution in [2.45, 2.75) is 6.42 Å². The molecule has 0 aliphatic rings. The summed E-state index contributed by atoms with van der Waals surface area (Å²) in [5, 5.41) is 0. The number of carbonyl (C=O) groups excluding carboxylic acids is 1. The fraction of sp³-hybridized carbons (Fsp3) is 0.857. The molecule has 0 N–H and O–H groups in total. The van der Waals surface area contributed by atoms with E-state index in [2.05, 4.69) is 4.99 Å². The van der Waals surface area contributed by atoms with Crippen LogP contribution in [0.25, 0.3) is 0 Å². The van der Waals surface area contributed by atoms with Gasteiger partial charge in [-0.25, -0.2) is 9.79 Å². The number of hydrogen-bond acceptors (Lipinski definition) is 4. The Morgan fingerprint density at radius 3 is 2.82 bits per heavy atom. The molecule has 4 heteroatoms. The fourth-order valence-electron chi connectivity index (χ4n) is 0.536. The molecule has 0 radical (unpaired) electrons. The van der Waals surface area contributed by atoms with Crippen molar-refractivity contribution in [3.05, 3.63) is 0 Å². The van der Waals surface area contributed by atoms with Crippen molar-refractivity contribution >= 4 is 6.08 Å². The molecule has 64 valence electrons. The van der Waals surface area contributed by atoms with Gasteiger partial charge in [-0.2, -0.15) is 0 Å². The predicted octanol–water partition coefficient (Wildman–Crippen LogP) is 0.375. The molecule has 0 saturated heterocycles. The maximum Gasteiger partial charge on any atom is 0.234 e. The van der Waals surface area contributed by atoms with E-state index in [1.807, 2.05) is 0 Å². The van der Waals surface area contributed by atoms with Gasteiger partial charge < -0.3 is 9.47 Å². The van der Waals surface area contributed by atoms with Gasteiger partial charge in [-0.1, -0.05) is 0 Å². The summed E-state index contributed by atoms with van der Waals surface area (Å²) < 4.78 is 9.86. The molecule has 0 heterocycles. The van der Waals surface area contributed by atoms with Crippen molar-refractivity contribution in [1.29, 1.82) is 0 Å². The summed E-state index contributed by atoms with van der Waals surface area (Å²) in [7, 11) is 1.63. The summed E-state index contributed by atoms with van der Waals surface area (Å²) in [6.45, 7) is 2.32. The predicted molar refractivity (Wildman–Crippen MR) is 40.3 cm³/mol. The van der Waals surface area contributed by atoms with Crippen LogP contribution in [0, 0.1) is 0 Å². The molecule has 0 atom stereocenters. The van der Waals surface area contributed by atoms with Crippen molar-refractivity contribution in [3.8, 4) is 0 Å². The van der Waals surface area contributed by atoms with Gasteiger partial charge in [-0.3, -0.25) is 0 Å². The average molecular weight is 159 g/mol. The van der Waals surface area contributed by atoms with Gasteiger partial charge in [0.25, 0.3) is 0 Å². The first-order chi connectivity index (χ1) is 5.41. The smallest absolute Gasteiger partial charge is 0.234 e. The molecule has 0 saturated carbocycles. The van der Waals surface area contributed by atoms with Gasteiger partial charge in [-0.15, -0.1) is 0 Å². The normalized spacial score (nSPS) is 9.18. The summed E-state index contributed by atoms with van der Waals surface area (Å²) in [6.07, 6.45) is 2.23. The third kappa shape index (κ3) is 9.30. The molecule has 0 bridgehead atoms. The Kier molecular flexibility index (Phi) is 8.71. The minimum absolute atomic E-state index is 0.497. The molecule has 0 unspecified atom stereocenters. The minimum atomic E-state index is 0.497. The molecule has 0 spiro atoms. The molecule has 11 heavy (non-hydrogen) atoms. The van der Waals surface area contributed by atoms with E-state index >= 15 is 0 Å². The quantitative estimate of drug-likeness (QED) is 0.306. The van der Waals surface area contributed by atoms with Crippen LogP contribution in [0.2, 0.25) is 0 Å². The zero-order valence-corrected chi connectivity index (χ0v) is 6.71. The van der Waals surface area contributed by atoms with Crippen LogP contribution in [0.5, 0.6) is 0 Å². The average Bonchev–Trinajstić information content (AvgIpc) is 2.03. The number of ether oxygens (including phenoxy) is 2. The van der Waals surface area contributed by atoms with Gasteiger partial charge >= 0.3 is 0 Å². The lowest BCUT2D eigenvalue weighted by Crippen LogP contribution is -2.03. The van der Waals surface area contributed by atoms with Crippen molar-refractivity contribution in [2.24, 2.45) is 4.99 Å². The van der Waals surface area contributed by atoms with Gasteiger partial charge in [-0.05, 0) is 6.42 Å². The molecule has 4 nitrogen and oxygen atoms in total. The highest BCUT2D eigenvalue weighted by Crippen LogP contribution is 1.83. The molecule has 0 amide bonds. The molecule has 0 rings (SSSR count). The maximum absolute atomic E-state index is 9.59. The van der Waals surface area contributed by atoms with E-state index in [1.54, 1.807) is 7.11 Å². The second-order valence-electron chi connectivity index (χ2n) is 1.93. The Bertz CT molecular complexity index is 121. The van der Waals surface area contributed by atoms with Crippen LogP contribution >= 0.6 is 0 Å². The monoisotopic (exact) mass is 159 g/mol. The van der Waals surface area contributed by atoms with Crippen molar-refractivity contribution in [1.82, 2.24) is 0 Å². The second kappa shape index (κ2) is 9.30. The van der Waals surface area contributed by atoms with Crippen LogP contribution in [0.1, 0.15) is 6.42 Å². The van der Waals surface area contributed by atoms with Crippen LogP contribution in [0.3, 0.4) is 0 Å². The SMILES string of the molecule is COCCOCCCN=C=O. The van der Waals surface area contributed by atoms with E-state index in [1.165, 1.54) is 6.08 Å². The van der Waals surface area contributed by atoms with Gasteiger partial charge in [0.1, 0.15) is 0 Å². The summed E-state index contributed by atoms with van der Waals surface area (Å²) in [5.41, 5.74) is 0. The Balaban J connectivity index is 2.84. The number of nitrogens with zero attached hydrogens (tertiary/aromatic N) is 1. The lowest BCUT2D eigenvalue weighted by Gasteiger charge is -2.00. The number of rotatable bonds is 7. The summed E-state index contributed by atoms with van der Waals surface area (Å²) in [6, 6.07) is 0. The number of methoxy groups -OCH3 is 1. The molecule has 0 aliphatic heterocycles. The largest absolute Gasteiger partial charge is 0.382 e. The van der Waals surface area contributed by atoms with E-state index in [0.717, 1.165) is 6.42 Å². The highest BCUT2D eigenvalue weighted by atomic mass is 16.5. The zero-order valence-electron chi connectivity index (χ0n) is 6.71. The van der Waals surface area contributed by atoms with Crippen molar-refractivity contribution in [3.63, 3.8) is 0 Å². The standard InChI is InChI=1S/C7H13NO3/c1-10-5-6-11-4-2-3-8-7-9/h2-6H2,1H3. The van der Waals surface area contributed by atoms with E-state index in [0.29, 0.717) is 26.4 Å². The molecule has 0 fully saturated rings. The third-order valence-electron chi connectivity index (χ3n) is 1.05. The van der Waals surface area contributed by atoms with Crippen LogP contribution < -0.4 is 0 Å². The van der Waals surface area contributed by atoms with Gasteiger partial charge in [0, 0.05) is 13.7 Å². The lowest BCUT2D eigenvalue weighted by molar-refractivity contribution is 0.0702. The molecular formula is C7H13NO3. The highest BCUT2D eigenvalue weighted by molar-refractivity contribution is 5.32. The van der Waals surface area contributed by atoms with Crippen LogP contribution in [0.15, 0.2) is 4.99 Å². The van der Waals surface area contributed by atoms with Crippen LogP contribution in [0.4, 0.5) is 0 Å². The van der Waals surface area contributed by atoms with Gasteiger partial charge in [0.05, 0.1) is 19.8 Å². The lowest BCUT2D eigenvalue weighted by atomic mass is 10.5. The van der Waals surface area contributed by atoms with Gasteiger partial charge in [0.15, 0.2) is 0 Å². The topological polar surface area (TPSA) is 47.9 Å². The Morgan fingerprint density at radius 2 is 2.18 bits per heavy atom. The van der Waals surface area contributed by atoms with Gasteiger partial charge in [0.2, 0.25) is 6.08 Å². The summed E-state index contributed by atoms with van der Waals surface area (Å²) in [5.74, 6) is 0. The van der Waals surface area contributed by atoms with E-state index in [4.69, 9.17) is 9.47 Å². The number of aliphatic imine (C=N–C) groups is 1. The first-order valence-electron chi connectivity index (χ1n) is 3.52. The van der Waals surface area contributed by atoms with E-state index < -0.39 is 0 Å². The van der Waals surface area contributed by atoms with Crippen LogP contribution in [-0.2, 0) is 14.3 Å². The molecule has 0 aromatic heterocycles. The molecular weight excluding hydrogens is 146 g/mol. The van der Waals surface area contributed by atoms with E-state index in [-0.39, 0.29) is 0 Å². The molecule has 0 aromatic carbocycles. The third-order valence-corrected chi connectivity index (χ3v) is 1.05. The number of hydrogen-bond donors (Lipinski definition) is 0. The minimum Gasteiger partial charge on any atom is -0.382 e. The first-order valence-corrected chi connectivity index (χ1v) is 3.52. The van der Waals surface area contributed by atoms with E-state index in [9.17, 15) is 4.79 Å². The summed E-state index contributed by atoms with van der Waals surface area (Å²) >= 11 is 0. The molecule has 0 aliphatic carbocycles. The first kappa shape index (κ1) is 10.3. The van der Waals surface area contributed by atoms with Crippen LogP contribution in [-0.4, -0.2) is 39.6 Å². The Labute approximate surface area is 66.2 Å². The summed E-state index contributed by atoms with van der Waals surface area (Å²) in [4.78, 5) is 13.0. The fourth-order valence-corrected chi connectivity index (χ4v) is 0.536.